The summed E-state index contributed by atoms with van der Waals surface area (Å²) in [4.78, 5) is 12.0. The van der Waals surface area contributed by atoms with Crippen LogP contribution < -0.4 is 5.32 Å². The Balaban J connectivity index is 1.95. The van der Waals surface area contributed by atoms with Gasteiger partial charge in [-0.15, -0.1) is 0 Å². The van der Waals surface area contributed by atoms with Gasteiger partial charge >= 0.3 is 0 Å². The van der Waals surface area contributed by atoms with E-state index >= 15 is 0 Å². The zero-order valence-corrected chi connectivity index (χ0v) is 15.1. The average molecular weight is 385 g/mol. The molecular formula is C17H18ClFN2O3S. The molecule has 2 rings (SSSR count). The van der Waals surface area contributed by atoms with E-state index in [9.17, 15) is 17.6 Å². The van der Waals surface area contributed by atoms with Crippen molar-refractivity contribution in [2.75, 3.05) is 19.3 Å². The molecule has 2 aromatic carbocycles. The summed E-state index contributed by atoms with van der Waals surface area (Å²) in [6.07, 6.45) is 1.12. The van der Waals surface area contributed by atoms with Gasteiger partial charge in [0.15, 0.2) is 0 Å². The Morgan fingerprint density at radius 2 is 1.72 bits per heavy atom. The predicted molar refractivity (Wildman–Crippen MR) is 95.4 cm³/mol. The van der Waals surface area contributed by atoms with Gasteiger partial charge in [0.05, 0.1) is 6.26 Å². The molecule has 0 aliphatic carbocycles. The molecule has 0 atom stereocenters. The van der Waals surface area contributed by atoms with Crippen molar-refractivity contribution in [1.82, 2.24) is 9.62 Å². The molecule has 0 radical (unpaired) electrons. The minimum Gasteiger partial charge on any atom is -0.351 e. The maximum Gasteiger partial charge on any atom is 0.251 e. The summed E-state index contributed by atoms with van der Waals surface area (Å²) in [5, 5.41) is 3.20. The van der Waals surface area contributed by atoms with Crippen molar-refractivity contribution < 1.29 is 17.6 Å². The minimum absolute atomic E-state index is 0.119. The molecule has 8 heteroatoms. The van der Waals surface area contributed by atoms with E-state index in [1.165, 1.54) is 28.6 Å². The number of carbonyl (C=O) groups is 1. The fraction of sp³-hybridized carbons (Fsp3) is 0.235. The van der Waals surface area contributed by atoms with E-state index in [-0.39, 0.29) is 25.5 Å². The summed E-state index contributed by atoms with van der Waals surface area (Å²) in [6.45, 7) is 0.438. The topological polar surface area (TPSA) is 66.5 Å². The molecule has 0 fully saturated rings. The maximum atomic E-state index is 12.9. The summed E-state index contributed by atoms with van der Waals surface area (Å²) in [5.74, 6) is -0.817. The highest BCUT2D eigenvalue weighted by Gasteiger charge is 2.17. The fourth-order valence-electron chi connectivity index (χ4n) is 2.15. The molecule has 1 N–H and O–H groups in total. The van der Waals surface area contributed by atoms with Gasteiger partial charge in [0.1, 0.15) is 5.82 Å². The highest BCUT2D eigenvalue weighted by atomic mass is 35.5. The van der Waals surface area contributed by atoms with Gasteiger partial charge in [0, 0.05) is 30.2 Å². The van der Waals surface area contributed by atoms with Crippen LogP contribution in [-0.4, -0.2) is 38.0 Å². The number of halogens is 2. The van der Waals surface area contributed by atoms with Crippen molar-refractivity contribution in [2.24, 2.45) is 0 Å². The number of hydrogen-bond donors (Lipinski definition) is 1. The third-order valence-corrected chi connectivity index (χ3v) is 5.00. The van der Waals surface area contributed by atoms with Crippen LogP contribution in [0.4, 0.5) is 4.39 Å². The lowest BCUT2D eigenvalue weighted by atomic mass is 10.2. The first-order valence-electron chi connectivity index (χ1n) is 7.49. The third-order valence-electron chi connectivity index (χ3n) is 3.49. The van der Waals surface area contributed by atoms with Crippen LogP contribution in [0, 0.1) is 5.82 Å². The summed E-state index contributed by atoms with van der Waals surface area (Å²) >= 11 is 5.82. The third kappa shape index (κ3) is 6.12. The molecule has 0 saturated heterocycles. The molecule has 0 saturated carbocycles. The van der Waals surface area contributed by atoms with Crippen molar-refractivity contribution in [3.05, 3.63) is 70.5 Å². The molecule has 0 aromatic heterocycles. The van der Waals surface area contributed by atoms with Gasteiger partial charge in [0.25, 0.3) is 5.91 Å². The van der Waals surface area contributed by atoms with Crippen LogP contribution in [-0.2, 0) is 16.6 Å². The van der Waals surface area contributed by atoms with Gasteiger partial charge < -0.3 is 5.32 Å². The van der Waals surface area contributed by atoms with Crippen LogP contribution in [0.3, 0.4) is 0 Å². The molecule has 0 aliphatic rings. The Bertz CT molecular complexity index is 824. The SMILES string of the molecule is CS(=O)(=O)N(CCNC(=O)c1ccc(F)cc1)Cc1ccc(Cl)cc1. The number of nitrogens with zero attached hydrogens (tertiary/aromatic N) is 1. The quantitative estimate of drug-likeness (QED) is 0.798. The minimum atomic E-state index is -3.44. The lowest BCUT2D eigenvalue weighted by Crippen LogP contribution is -2.37. The predicted octanol–water partition coefficient (Wildman–Crippen LogP) is 2.67. The number of hydrogen-bond acceptors (Lipinski definition) is 3. The van der Waals surface area contributed by atoms with Gasteiger partial charge in [-0.25, -0.2) is 12.8 Å². The van der Waals surface area contributed by atoms with E-state index in [0.29, 0.717) is 10.6 Å². The summed E-state index contributed by atoms with van der Waals surface area (Å²) < 4.78 is 38.0. The highest BCUT2D eigenvalue weighted by molar-refractivity contribution is 7.88. The van der Waals surface area contributed by atoms with E-state index in [2.05, 4.69) is 5.32 Å². The first-order valence-corrected chi connectivity index (χ1v) is 9.71. The van der Waals surface area contributed by atoms with Gasteiger partial charge in [-0.1, -0.05) is 23.7 Å². The molecule has 2 aromatic rings. The first kappa shape index (κ1) is 19.4. The molecule has 1 amide bonds. The first-order chi connectivity index (χ1) is 11.8. The van der Waals surface area contributed by atoms with E-state index < -0.39 is 15.8 Å². The number of amides is 1. The van der Waals surface area contributed by atoms with Crippen LogP contribution >= 0.6 is 11.6 Å². The number of nitrogens with one attached hydrogen (secondary N) is 1. The second-order valence-electron chi connectivity index (χ2n) is 5.49. The lowest BCUT2D eigenvalue weighted by Gasteiger charge is -2.20. The fourth-order valence-corrected chi connectivity index (χ4v) is 3.09. The Morgan fingerprint density at radius 3 is 2.28 bits per heavy atom. The Labute approximate surface area is 151 Å². The van der Waals surface area contributed by atoms with Gasteiger partial charge in [-0.05, 0) is 42.0 Å². The smallest absolute Gasteiger partial charge is 0.251 e. The van der Waals surface area contributed by atoms with Gasteiger partial charge in [0.2, 0.25) is 10.0 Å². The van der Waals surface area contributed by atoms with Crippen LogP contribution in [0.15, 0.2) is 48.5 Å². The second kappa shape index (κ2) is 8.42. The molecule has 0 bridgehead atoms. The summed E-state index contributed by atoms with van der Waals surface area (Å²) in [5.41, 5.74) is 1.10. The molecule has 0 aliphatic heterocycles. The van der Waals surface area contributed by atoms with Gasteiger partial charge in [-0.2, -0.15) is 4.31 Å². The van der Waals surface area contributed by atoms with Crippen LogP contribution in [0.5, 0.6) is 0 Å². The van der Waals surface area contributed by atoms with Crippen LogP contribution in [0.1, 0.15) is 15.9 Å². The number of rotatable bonds is 7. The zero-order valence-electron chi connectivity index (χ0n) is 13.6. The standard InChI is InChI=1S/C17H18ClFN2O3S/c1-25(23,24)21(12-13-2-6-15(18)7-3-13)11-10-20-17(22)14-4-8-16(19)9-5-14/h2-9H,10-12H2,1H3,(H,20,22). The van der Waals surface area contributed by atoms with Crippen LogP contribution in [0.25, 0.3) is 0 Å². The summed E-state index contributed by atoms with van der Waals surface area (Å²) in [6, 6.07) is 12.0. The van der Waals surface area contributed by atoms with Crippen molar-refractivity contribution in [3.63, 3.8) is 0 Å². The van der Waals surface area contributed by atoms with E-state index in [0.717, 1.165) is 11.8 Å². The maximum absolute atomic E-state index is 12.9. The molecule has 0 spiro atoms. The highest BCUT2D eigenvalue weighted by Crippen LogP contribution is 2.13. The molecule has 134 valence electrons. The zero-order chi connectivity index (χ0) is 18.4. The van der Waals surface area contributed by atoms with Crippen molar-refractivity contribution in [1.29, 1.82) is 0 Å². The molecular weight excluding hydrogens is 367 g/mol. The lowest BCUT2D eigenvalue weighted by molar-refractivity contribution is 0.0951. The Morgan fingerprint density at radius 1 is 1.12 bits per heavy atom. The molecule has 0 unspecified atom stereocenters. The Kier molecular flexibility index (Phi) is 6.52. The van der Waals surface area contributed by atoms with E-state index in [4.69, 9.17) is 11.6 Å². The Hall–Kier alpha value is -1.96. The molecule has 5 nitrogen and oxygen atoms in total. The van der Waals surface area contributed by atoms with Crippen molar-refractivity contribution in [3.8, 4) is 0 Å². The normalized spacial score (nSPS) is 11.5. The van der Waals surface area contributed by atoms with Gasteiger partial charge in [-0.3, -0.25) is 4.79 Å². The number of carbonyl (C=O) groups excluding carboxylic acids is 1. The summed E-state index contributed by atoms with van der Waals surface area (Å²) in [7, 11) is -3.44. The molecule has 25 heavy (non-hydrogen) atoms. The van der Waals surface area contributed by atoms with Crippen molar-refractivity contribution >= 4 is 27.5 Å². The van der Waals surface area contributed by atoms with E-state index in [1.54, 1.807) is 24.3 Å². The monoisotopic (exact) mass is 384 g/mol. The molecule has 0 heterocycles. The van der Waals surface area contributed by atoms with Crippen molar-refractivity contribution in [2.45, 2.75) is 6.54 Å². The van der Waals surface area contributed by atoms with E-state index in [1.807, 2.05) is 0 Å². The number of benzene rings is 2. The van der Waals surface area contributed by atoms with Crippen LogP contribution in [0.2, 0.25) is 5.02 Å². The number of sulfonamides is 1. The average Bonchev–Trinajstić information content (AvgIpc) is 2.55. The largest absolute Gasteiger partial charge is 0.351 e. The second-order valence-corrected chi connectivity index (χ2v) is 7.90.